The second kappa shape index (κ2) is 11.2. The van der Waals surface area contributed by atoms with Gasteiger partial charge in [-0.2, -0.15) is 13.2 Å². The summed E-state index contributed by atoms with van der Waals surface area (Å²) < 4.78 is 40.2. The summed E-state index contributed by atoms with van der Waals surface area (Å²) in [5.41, 5.74) is 1.90. The number of quaternary nitrogens is 1. The minimum atomic E-state index is -4.36. The van der Waals surface area contributed by atoms with Gasteiger partial charge in [-0.25, -0.2) is 4.98 Å². The van der Waals surface area contributed by atoms with Gasteiger partial charge in [-0.05, 0) is 41.0 Å². The number of fused-ring (bicyclic) bond motifs is 1. The van der Waals surface area contributed by atoms with Gasteiger partial charge in [0.15, 0.2) is 0 Å². The number of alkyl halides is 3. The molecular formula is C31H34F3N4O+. The van der Waals surface area contributed by atoms with Crippen molar-refractivity contribution in [2.75, 3.05) is 32.7 Å². The zero-order chi connectivity index (χ0) is 27.5. The van der Waals surface area contributed by atoms with Crippen LogP contribution in [0, 0.1) is 0 Å². The highest BCUT2D eigenvalue weighted by atomic mass is 19.4. The SMILES string of the molecule is CCCC[N+]1(C(Cc2ccc(C(F)(F)F)cc2)c2cnc[nH]2)CCN(C(=O)c2cccc3ccccc23)CC1. The zero-order valence-corrected chi connectivity index (χ0v) is 22.1. The van der Waals surface area contributed by atoms with E-state index in [1.54, 1.807) is 18.5 Å². The van der Waals surface area contributed by atoms with E-state index < -0.39 is 11.7 Å². The van der Waals surface area contributed by atoms with Gasteiger partial charge in [0.2, 0.25) is 0 Å². The summed E-state index contributed by atoms with van der Waals surface area (Å²) in [5.74, 6) is 0.0425. The Morgan fingerprint density at radius 1 is 1.03 bits per heavy atom. The lowest BCUT2D eigenvalue weighted by molar-refractivity contribution is -0.960. The van der Waals surface area contributed by atoms with Crippen LogP contribution in [0.25, 0.3) is 10.8 Å². The van der Waals surface area contributed by atoms with E-state index in [2.05, 4.69) is 16.9 Å². The maximum Gasteiger partial charge on any atom is 0.416 e. The van der Waals surface area contributed by atoms with Gasteiger partial charge in [0.1, 0.15) is 6.04 Å². The number of aromatic nitrogens is 2. The molecule has 5 rings (SSSR count). The maximum absolute atomic E-state index is 13.7. The van der Waals surface area contributed by atoms with Gasteiger partial charge >= 0.3 is 6.18 Å². The fourth-order valence-corrected chi connectivity index (χ4v) is 5.91. The highest BCUT2D eigenvalue weighted by Gasteiger charge is 2.42. The number of hydrogen-bond acceptors (Lipinski definition) is 2. The Bertz CT molecular complexity index is 1390. The zero-order valence-electron chi connectivity index (χ0n) is 22.1. The molecule has 1 N–H and O–H groups in total. The molecule has 1 atom stereocenters. The van der Waals surface area contributed by atoms with Crippen LogP contribution in [0.2, 0.25) is 0 Å². The molecule has 0 aliphatic carbocycles. The lowest BCUT2D eigenvalue weighted by Crippen LogP contribution is -2.62. The van der Waals surface area contributed by atoms with Crippen molar-refractivity contribution in [3.63, 3.8) is 0 Å². The lowest BCUT2D eigenvalue weighted by atomic mass is 9.96. The number of imidazole rings is 1. The minimum Gasteiger partial charge on any atom is -0.344 e. The average Bonchev–Trinajstić information content (AvgIpc) is 3.49. The van der Waals surface area contributed by atoms with E-state index in [0.29, 0.717) is 19.5 Å². The number of carbonyl (C=O) groups excluding carboxylic acids is 1. The van der Waals surface area contributed by atoms with Crippen molar-refractivity contribution in [3.8, 4) is 0 Å². The Morgan fingerprint density at radius 2 is 1.74 bits per heavy atom. The van der Waals surface area contributed by atoms with Crippen molar-refractivity contribution in [3.05, 3.63) is 102 Å². The van der Waals surface area contributed by atoms with Crippen LogP contribution in [0.4, 0.5) is 13.2 Å². The third-order valence-electron chi connectivity index (χ3n) is 8.14. The molecule has 4 aromatic rings. The number of hydrogen-bond donors (Lipinski definition) is 1. The monoisotopic (exact) mass is 535 g/mol. The molecule has 8 heteroatoms. The highest BCUT2D eigenvalue weighted by Crippen LogP contribution is 2.35. The number of benzene rings is 3. The molecule has 1 fully saturated rings. The van der Waals surface area contributed by atoms with E-state index in [4.69, 9.17) is 0 Å². The van der Waals surface area contributed by atoms with E-state index in [-0.39, 0.29) is 11.9 Å². The number of amides is 1. The van der Waals surface area contributed by atoms with Crippen LogP contribution in [0.1, 0.15) is 53.0 Å². The Labute approximate surface area is 226 Å². The summed E-state index contributed by atoms with van der Waals surface area (Å²) in [5, 5.41) is 2.00. The Kier molecular flexibility index (Phi) is 7.75. The number of halogens is 3. The largest absolute Gasteiger partial charge is 0.416 e. The molecule has 0 bridgehead atoms. The van der Waals surface area contributed by atoms with Gasteiger partial charge in [-0.15, -0.1) is 0 Å². The summed E-state index contributed by atoms with van der Waals surface area (Å²) in [6.45, 7) is 5.85. The van der Waals surface area contributed by atoms with Crippen LogP contribution in [-0.4, -0.2) is 58.0 Å². The van der Waals surface area contributed by atoms with Crippen LogP contribution in [0.5, 0.6) is 0 Å². The van der Waals surface area contributed by atoms with E-state index in [0.717, 1.165) is 76.7 Å². The van der Waals surface area contributed by atoms with Crippen molar-refractivity contribution in [1.29, 1.82) is 0 Å². The molecule has 0 spiro atoms. The first-order valence-electron chi connectivity index (χ1n) is 13.6. The normalized spacial score (nSPS) is 16.4. The smallest absolute Gasteiger partial charge is 0.344 e. The van der Waals surface area contributed by atoms with Gasteiger partial charge in [0.05, 0.1) is 56.5 Å². The number of aromatic amines is 1. The van der Waals surface area contributed by atoms with Crippen molar-refractivity contribution >= 4 is 16.7 Å². The molecule has 204 valence electrons. The first-order valence-corrected chi connectivity index (χ1v) is 13.6. The molecule has 0 saturated carbocycles. The first kappa shape index (κ1) is 26.9. The quantitative estimate of drug-likeness (QED) is 0.257. The topological polar surface area (TPSA) is 49.0 Å². The molecule has 3 aromatic carbocycles. The lowest BCUT2D eigenvalue weighted by Gasteiger charge is -2.49. The van der Waals surface area contributed by atoms with E-state index in [9.17, 15) is 18.0 Å². The highest BCUT2D eigenvalue weighted by molar-refractivity contribution is 6.07. The van der Waals surface area contributed by atoms with E-state index in [1.807, 2.05) is 53.6 Å². The fourth-order valence-electron chi connectivity index (χ4n) is 5.91. The van der Waals surface area contributed by atoms with Crippen LogP contribution >= 0.6 is 0 Å². The number of H-pyrrole nitrogens is 1. The molecule has 1 aromatic heterocycles. The predicted octanol–water partition coefficient (Wildman–Crippen LogP) is 6.64. The van der Waals surface area contributed by atoms with Crippen molar-refractivity contribution < 1.29 is 22.4 Å². The Morgan fingerprint density at radius 3 is 2.41 bits per heavy atom. The molecule has 39 heavy (non-hydrogen) atoms. The summed E-state index contributed by atoms with van der Waals surface area (Å²) in [7, 11) is 0. The average molecular weight is 536 g/mol. The first-order chi connectivity index (χ1) is 18.8. The molecule has 1 aliphatic heterocycles. The third-order valence-corrected chi connectivity index (χ3v) is 8.14. The molecule has 2 heterocycles. The summed E-state index contributed by atoms with van der Waals surface area (Å²) in [4.78, 5) is 23.2. The number of nitrogens with zero attached hydrogens (tertiary/aromatic N) is 3. The molecule has 5 nitrogen and oxygen atoms in total. The van der Waals surface area contributed by atoms with Crippen molar-refractivity contribution in [2.24, 2.45) is 0 Å². The van der Waals surface area contributed by atoms with Gasteiger partial charge < -0.3 is 14.4 Å². The van der Waals surface area contributed by atoms with E-state index >= 15 is 0 Å². The van der Waals surface area contributed by atoms with Gasteiger partial charge in [0, 0.05) is 12.0 Å². The van der Waals surface area contributed by atoms with Crippen LogP contribution < -0.4 is 0 Å². The predicted molar refractivity (Wildman–Crippen MR) is 146 cm³/mol. The second-order valence-electron chi connectivity index (χ2n) is 10.5. The molecular weight excluding hydrogens is 501 g/mol. The van der Waals surface area contributed by atoms with Gasteiger partial charge in [-0.3, -0.25) is 4.79 Å². The molecule has 1 unspecified atom stereocenters. The van der Waals surface area contributed by atoms with Crippen molar-refractivity contribution in [2.45, 2.75) is 38.4 Å². The number of unbranched alkanes of at least 4 members (excludes halogenated alkanes) is 1. The third kappa shape index (κ3) is 5.71. The summed E-state index contributed by atoms with van der Waals surface area (Å²) in [6.07, 6.45) is 1.77. The molecule has 1 aliphatic rings. The van der Waals surface area contributed by atoms with E-state index in [1.165, 1.54) is 0 Å². The van der Waals surface area contributed by atoms with Crippen molar-refractivity contribution in [1.82, 2.24) is 14.9 Å². The van der Waals surface area contributed by atoms with Crippen LogP contribution in [0.15, 0.2) is 79.3 Å². The summed E-state index contributed by atoms with van der Waals surface area (Å²) >= 11 is 0. The van der Waals surface area contributed by atoms with Gasteiger partial charge in [0.25, 0.3) is 5.91 Å². The molecule has 0 radical (unpaired) electrons. The maximum atomic E-state index is 13.7. The molecule has 1 amide bonds. The number of nitrogens with one attached hydrogen (secondary N) is 1. The Balaban J connectivity index is 1.41. The standard InChI is InChI=1S/C31H34F3N4O/c1-2-3-17-38(29(28-21-35-22-36-28)20-23-11-13-25(14-12-23)31(32,33)34)18-15-37(16-19-38)30(39)27-10-6-8-24-7-4-5-9-26(24)27/h4-14,21-22,29H,2-3,15-20H2,1H3,(H,35,36)/q+1. The van der Waals surface area contributed by atoms with Crippen LogP contribution in [0.3, 0.4) is 0 Å². The number of piperazine rings is 1. The van der Waals surface area contributed by atoms with Crippen LogP contribution in [-0.2, 0) is 12.6 Å². The minimum absolute atomic E-state index is 0.00871. The fraction of sp³-hybridized carbons (Fsp3) is 0.355. The Hall–Kier alpha value is -3.65. The number of rotatable bonds is 8. The summed E-state index contributed by atoms with van der Waals surface area (Å²) in [6, 6.07) is 19.3. The number of carbonyl (C=O) groups is 1. The molecule has 1 saturated heterocycles. The van der Waals surface area contributed by atoms with Gasteiger partial charge in [-0.1, -0.05) is 61.9 Å². The second-order valence-corrected chi connectivity index (χ2v) is 10.5.